The zero-order valence-electron chi connectivity index (χ0n) is 9.75. The lowest BCUT2D eigenvalue weighted by Gasteiger charge is -2.42. The van der Waals surface area contributed by atoms with E-state index in [0.29, 0.717) is 5.25 Å². The van der Waals surface area contributed by atoms with Gasteiger partial charge in [-0.15, -0.1) is 0 Å². The minimum Gasteiger partial charge on any atom is -0.329 e. The average molecular weight is 216 g/mol. The van der Waals surface area contributed by atoms with Crippen molar-refractivity contribution in [3.8, 4) is 0 Å². The lowest BCUT2D eigenvalue weighted by molar-refractivity contribution is 0.104. The van der Waals surface area contributed by atoms with Crippen molar-refractivity contribution in [1.82, 2.24) is 4.90 Å². The number of hydrogen-bond acceptors (Lipinski definition) is 3. The first-order valence-corrected chi connectivity index (χ1v) is 6.82. The van der Waals surface area contributed by atoms with Crippen molar-refractivity contribution in [1.29, 1.82) is 0 Å². The Hall–Kier alpha value is 0.270. The summed E-state index contributed by atoms with van der Waals surface area (Å²) in [6.07, 6.45) is 2.50. The summed E-state index contributed by atoms with van der Waals surface area (Å²) in [6.45, 7) is 9.98. The molecular formula is C11H24N2S. The number of rotatable bonds is 5. The van der Waals surface area contributed by atoms with Crippen LogP contribution in [0.4, 0.5) is 0 Å². The lowest BCUT2D eigenvalue weighted by Crippen LogP contribution is -2.57. The molecule has 84 valence electrons. The molecule has 0 aliphatic carbocycles. The Bertz CT molecular complexity index is 175. The van der Waals surface area contributed by atoms with Gasteiger partial charge in [0.1, 0.15) is 0 Å². The minimum absolute atomic E-state index is 0.287. The molecule has 2 N–H and O–H groups in total. The summed E-state index contributed by atoms with van der Waals surface area (Å²) in [6, 6.07) is 0. The van der Waals surface area contributed by atoms with E-state index in [9.17, 15) is 0 Å². The van der Waals surface area contributed by atoms with Gasteiger partial charge in [0.05, 0.1) is 0 Å². The Labute approximate surface area is 92.6 Å². The predicted octanol–water partition coefficient (Wildman–Crippen LogP) is 1.94. The van der Waals surface area contributed by atoms with E-state index in [1.165, 1.54) is 25.1 Å². The highest BCUT2D eigenvalue weighted by Crippen LogP contribution is 2.39. The number of likely N-dealkylation sites (N-methyl/N-ethyl adjacent to an activating group) is 1. The van der Waals surface area contributed by atoms with E-state index in [1.807, 2.05) is 0 Å². The molecule has 1 aliphatic rings. The van der Waals surface area contributed by atoms with Crippen LogP contribution in [0, 0.1) is 0 Å². The SMILES string of the molecule is CCCN(CC)C1(CN)CCSC1C. The third-order valence-electron chi connectivity index (χ3n) is 3.52. The van der Waals surface area contributed by atoms with Gasteiger partial charge in [-0.1, -0.05) is 20.8 Å². The lowest BCUT2D eigenvalue weighted by atomic mass is 9.90. The molecule has 0 aromatic rings. The van der Waals surface area contributed by atoms with Gasteiger partial charge in [0.25, 0.3) is 0 Å². The third kappa shape index (κ3) is 2.10. The second-order valence-electron chi connectivity index (χ2n) is 4.15. The fraction of sp³-hybridized carbons (Fsp3) is 1.00. The van der Waals surface area contributed by atoms with Gasteiger partial charge in [-0.05, 0) is 31.7 Å². The van der Waals surface area contributed by atoms with Gasteiger partial charge in [0, 0.05) is 17.3 Å². The molecule has 14 heavy (non-hydrogen) atoms. The highest BCUT2D eigenvalue weighted by Gasteiger charge is 2.43. The van der Waals surface area contributed by atoms with Crippen molar-refractivity contribution in [3.63, 3.8) is 0 Å². The molecule has 2 nitrogen and oxygen atoms in total. The molecule has 0 spiro atoms. The average Bonchev–Trinajstić information content (AvgIpc) is 2.57. The molecule has 0 bridgehead atoms. The molecule has 2 atom stereocenters. The largest absolute Gasteiger partial charge is 0.329 e. The molecule has 0 saturated carbocycles. The molecular weight excluding hydrogens is 192 g/mol. The fourth-order valence-corrected chi connectivity index (χ4v) is 4.05. The summed E-state index contributed by atoms with van der Waals surface area (Å²) in [4.78, 5) is 2.59. The van der Waals surface area contributed by atoms with E-state index in [0.717, 1.165) is 13.1 Å². The first-order chi connectivity index (χ1) is 6.71. The highest BCUT2D eigenvalue weighted by atomic mass is 32.2. The zero-order valence-corrected chi connectivity index (χ0v) is 10.6. The summed E-state index contributed by atoms with van der Waals surface area (Å²) in [7, 11) is 0. The maximum Gasteiger partial charge on any atom is 0.0455 e. The van der Waals surface area contributed by atoms with Crippen LogP contribution in [0.25, 0.3) is 0 Å². The summed E-state index contributed by atoms with van der Waals surface area (Å²) in [5.41, 5.74) is 6.30. The fourth-order valence-electron chi connectivity index (χ4n) is 2.55. The first kappa shape index (κ1) is 12.3. The van der Waals surface area contributed by atoms with Crippen molar-refractivity contribution >= 4 is 11.8 Å². The van der Waals surface area contributed by atoms with E-state index in [2.05, 4.69) is 37.4 Å². The Morgan fingerprint density at radius 2 is 2.21 bits per heavy atom. The van der Waals surface area contributed by atoms with Crippen LogP contribution in [0.2, 0.25) is 0 Å². The molecule has 1 saturated heterocycles. The van der Waals surface area contributed by atoms with Gasteiger partial charge >= 0.3 is 0 Å². The zero-order chi connectivity index (χ0) is 10.6. The number of thioether (sulfide) groups is 1. The van der Waals surface area contributed by atoms with Gasteiger partial charge in [-0.3, -0.25) is 4.90 Å². The van der Waals surface area contributed by atoms with Crippen LogP contribution in [0.3, 0.4) is 0 Å². The van der Waals surface area contributed by atoms with Crippen LogP contribution in [0.15, 0.2) is 0 Å². The summed E-state index contributed by atoms with van der Waals surface area (Å²) in [5, 5.41) is 0.694. The topological polar surface area (TPSA) is 29.3 Å². The molecule has 0 aromatic carbocycles. The second-order valence-corrected chi connectivity index (χ2v) is 5.60. The van der Waals surface area contributed by atoms with E-state index in [4.69, 9.17) is 5.73 Å². The van der Waals surface area contributed by atoms with Gasteiger partial charge in [0.15, 0.2) is 0 Å². The Kier molecular flexibility index (Phi) is 4.74. The maximum absolute atomic E-state index is 6.01. The van der Waals surface area contributed by atoms with Crippen LogP contribution in [0.1, 0.15) is 33.6 Å². The smallest absolute Gasteiger partial charge is 0.0455 e. The Morgan fingerprint density at radius 1 is 1.50 bits per heavy atom. The third-order valence-corrected chi connectivity index (χ3v) is 4.90. The highest BCUT2D eigenvalue weighted by molar-refractivity contribution is 8.00. The maximum atomic E-state index is 6.01. The van der Waals surface area contributed by atoms with Gasteiger partial charge in [-0.2, -0.15) is 11.8 Å². The van der Waals surface area contributed by atoms with E-state index in [1.54, 1.807) is 0 Å². The Morgan fingerprint density at radius 3 is 2.57 bits per heavy atom. The molecule has 2 unspecified atom stereocenters. The van der Waals surface area contributed by atoms with Crippen LogP contribution < -0.4 is 5.73 Å². The van der Waals surface area contributed by atoms with E-state index < -0.39 is 0 Å². The monoisotopic (exact) mass is 216 g/mol. The molecule has 3 heteroatoms. The van der Waals surface area contributed by atoms with Crippen molar-refractivity contribution in [2.24, 2.45) is 5.73 Å². The summed E-state index contributed by atoms with van der Waals surface area (Å²) in [5.74, 6) is 1.28. The molecule has 1 rings (SSSR count). The number of nitrogens with two attached hydrogens (primary N) is 1. The predicted molar refractivity (Wildman–Crippen MR) is 65.9 cm³/mol. The Balaban J connectivity index is 2.75. The molecule has 0 amide bonds. The van der Waals surface area contributed by atoms with Gasteiger partial charge in [0.2, 0.25) is 0 Å². The van der Waals surface area contributed by atoms with Crippen molar-refractivity contribution < 1.29 is 0 Å². The summed E-state index contributed by atoms with van der Waals surface area (Å²) >= 11 is 2.08. The normalized spacial score (nSPS) is 32.8. The molecule has 1 heterocycles. The summed E-state index contributed by atoms with van der Waals surface area (Å²) < 4.78 is 0. The standard InChI is InChI=1S/C11H24N2S/c1-4-7-13(5-2)11(9-12)6-8-14-10(11)3/h10H,4-9,12H2,1-3H3. The molecule has 1 fully saturated rings. The van der Waals surface area contributed by atoms with Crippen LogP contribution in [-0.4, -0.2) is 41.1 Å². The van der Waals surface area contributed by atoms with Crippen molar-refractivity contribution in [2.45, 2.75) is 44.4 Å². The van der Waals surface area contributed by atoms with Gasteiger partial charge in [-0.25, -0.2) is 0 Å². The first-order valence-electron chi connectivity index (χ1n) is 5.78. The second kappa shape index (κ2) is 5.38. The quantitative estimate of drug-likeness (QED) is 0.761. The van der Waals surface area contributed by atoms with E-state index in [-0.39, 0.29) is 5.54 Å². The van der Waals surface area contributed by atoms with E-state index >= 15 is 0 Å². The number of nitrogens with zero attached hydrogens (tertiary/aromatic N) is 1. The number of hydrogen-bond donors (Lipinski definition) is 1. The van der Waals surface area contributed by atoms with Gasteiger partial charge < -0.3 is 5.73 Å². The molecule has 0 aromatic heterocycles. The van der Waals surface area contributed by atoms with Crippen molar-refractivity contribution in [2.75, 3.05) is 25.4 Å². The molecule has 0 radical (unpaired) electrons. The molecule has 1 aliphatic heterocycles. The van der Waals surface area contributed by atoms with Crippen LogP contribution >= 0.6 is 11.8 Å². The minimum atomic E-state index is 0.287. The van der Waals surface area contributed by atoms with Crippen molar-refractivity contribution in [3.05, 3.63) is 0 Å². The van der Waals surface area contributed by atoms with Crippen LogP contribution in [0.5, 0.6) is 0 Å². The van der Waals surface area contributed by atoms with Crippen LogP contribution in [-0.2, 0) is 0 Å².